The van der Waals surface area contributed by atoms with E-state index in [1.807, 2.05) is 0 Å². The van der Waals surface area contributed by atoms with Crippen molar-refractivity contribution >= 4 is 51.8 Å². The highest BCUT2D eigenvalue weighted by Gasteiger charge is 2.20. The number of piperidine rings is 1. The van der Waals surface area contributed by atoms with Gasteiger partial charge in [0.2, 0.25) is 5.91 Å². The van der Waals surface area contributed by atoms with Crippen LogP contribution >= 0.6 is 39.9 Å². The second-order valence-corrected chi connectivity index (χ2v) is 7.77. The number of aliphatic imine (C=N–C) groups is 1. The molecule has 0 aromatic heterocycles. The molecule has 1 aromatic rings. The zero-order valence-electron chi connectivity index (χ0n) is 16.4. The Hall–Kier alpha value is -0.870. The Bertz CT molecular complexity index is 601. The van der Waals surface area contributed by atoms with Gasteiger partial charge in [0.1, 0.15) is 0 Å². The first-order valence-electron chi connectivity index (χ1n) is 9.12. The topological polar surface area (TPSA) is 60.0 Å². The third-order valence-electron chi connectivity index (χ3n) is 4.60. The number of rotatable bonds is 6. The van der Waals surface area contributed by atoms with Crippen LogP contribution in [0.3, 0.4) is 0 Å². The van der Waals surface area contributed by atoms with E-state index < -0.39 is 0 Å². The molecule has 152 valence electrons. The molecule has 27 heavy (non-hydrogen) atoms. The SMILES string of the molecule is CN=C(NCCC(=O)N(C)C)NC1CCN(Cc2ccc(Br)cc2)CC1.I. The van der Waals surface area contributed by atoms with E-state index in [4.69, 9.17) is 0 Å². The third-order valence-corrected chi connectivity index (χ3v) is 5.13. The van der Waals surface area contributed by atoms with Gasteiger partial charge in [0.25, 0.3) is 0 Å². The van der Waals surface area contributed by atoms with Crippen LogP contribution in [0.5, 0.6) is 0 Å². The van der Waals surface area contributed by atoms with Crippen molar-refractivity contribution in [3.05, 3.63) is 34.3 Å². The van der Waals surface area contributed by atoms with E-state index >= 15 is 0 Å². The predicted molar refractivity (Wildman–Crippen MR) is 126 cm³/mol. The van der Waals surface area contributed by atoms with Crippen molar-refractivity contribution in [1.82, 2.24) is 20.4 Å². The highest BCUT2D eigenvalue weighted by Crippen LogP contribution is 2.16. The minimum absolute atomic E-state index is 0. The zero-order chi connectivity index (χ0) is 18.9. The maximum absolute atomic E-state index is 11.6. The fourth-order valence-electron chi connectivity index (χ4n) is 2.98. The molecule has 0 spiro atoms. The highest BCUT2D eigenvalue weighted by molar-refractivity contribution is 14.0. The van der Waals surface area contributed by atoms with Gasteiger partial charge in [-0.05, 0) is 30.5 Å². The van der Waals surface area contributed by atoms with Gasteiger partial charge in [-0.1, -0.05) is 28.1 Å². The third kappa shape index (κ3) is 8.78. The van der Waals surface area contributed by atoms with Gasteiger partial charge in [-0.15, -0.1) is 24.0 Å². The Morgan fingerprint density at radius 2 is 1.89 bits per heavy atom. The number of halogens is 2. The fourth-order valence-corrected chi connectivity index (χ4v) is 3.25. The molecule has 1 aliphatic heterocycles. The largest absolute Gasteiger partial charge is 0.356 e. The van der Waals surface area contributed by atoms with Gasteiger partial charge in [-0.3, -0.25) is 14.7 Å². The molecule has 2 N–H and O–H groups in total. The van der Waals surface area contributed by atoms with Crippen LogP contribution in [0.15, 0.2) is 33.7 Å². The van der Waals surface area contributed by atoms with Crippen molar-refractivity contribution in [2.75, 3.05) is 40.8 Å². The summed E-state index contributed by atoms with van der Waals surface area (Å²) in [6, 6.07) is 8.97. The van der Waals surface area contributed by atoms with E-state index in [1.165, 1.54) is 5.56 Å². The Labute approximate surface area is 188 Å². The van der Waals surface area contributed by atoms with Gasteiger partial charge in [0, 0.05) is 64.3 Å². The van der Waals surface area contributed by atoms with Crippen LogP contribution in [-0.2, 0) is 11.3 Å². The van der Waals surface area contributed by atoms with E-state index in [-0.39, 0.29) is 29.9 Å². The molecule has 1 aromatic carbocycles. The smallest absolute Gasteiger partial charge is 0.223 e. The summed E-state index contributed by atoms with van der Waals surface area (Å²) in [4.78, 5) is 20.0. The average molecular weight is 552 g/mol. The number of carbonyl (C=O) groups excluding carboxylic acids is 1. The monoisotopic (exact) mass is 551 g/mol. The first-order chi connectivity index (χ1) is 12.5. The number of guanidine groups is 1. The molecular weight excluding hydrogens is 521 g/mol. The molecule has 1 heterocycles. The van der Waals surface area contributed by atoms with E-state index in [0.29, 0.717) is 19.0 Å². The molecule has 0 unspecified atom stereocenters. The fraction of sp³-hybridized carbons (Fsp3) is 0.579. The molecule has 0 aliphatic carbocycles. The number of likely N-dealkylation sites (tertiary alicyclic amines) is 1. The second-order valence-electron chi connectivity index (χ2n) is 6.86. The molecular formula is C19H31BrIN5O. The van der Waals surface area contributed by atoms with Crippen LogP contribution in [-0.4, -0.2) is 68.5 Å². The lowest BCUT2D eigenvalue weighted by Crippen LogP contribution is -2.48. The Morgan fingerprint density at radius 1 is 1.26 bits per heavy atom. The Balaban J connectivity index is 0.00000364. The van der Waals surface area contributed by atoms with Crippen molar-refractivity contribution in [3.8, 4) is 0 Å². The first kappa shape index (κ1) is 24.2. The lowest BCUT2D eigenvalue weighted by Gasteiger charge is -2.33. The number of benzene rings is 1. The van der Waals surface area contributed by atoms with Crippen molar-refractivity contribution in [1.29, 1.82) is 0 Å². The molecule has 8 heteroatoms. The molecule has 1 fully saturated rings. The Morgan fingerprint density at radius 3 is 2.44 bits per heavy atom. The molecule has 1 amide bonds. The quantitative estimate of drug-likeness (QED) is 0.324. The van der Waals surface area contributed by atoms with Gasteiger partial charge in [0.05, 0.1) is 0 Å². The van der Waals surface area contributed by atoms with Crippen LogP contribution in [0.25, 0.3) is 0 Å². The van der Waals surface area contributed by atoms with E-state index in [9.17, 15) is 4.79 Å². The molecule has 0 saturated carbocycles. The van der Waals surface area contributed by atoms with Crippen molar-refractivity contribution in [2.24, 2.45) is 4.99 Å². The number of amides is 1. The molecule has 6 nitrogen and oxygen atoms in total. The Kier molecular flexibility index (Phi) is 11.2. The summed E-state index contributed by atoms with van der Waals surface area (Å²) in [5.41, 5.74) is 1.35. The number of hydrogen-bond acceptors (Lipinski definition) is 3. The lowest BCUT2D eigenvalue weighted by molar-refractivity contribution is -0.128. The summed E-state index contributed by atoms with van der Waals surface area (Å²) in [6.07, 6.45) is 2.65. The van der Waals surface area contributed by atoms with Crippen LogP contribution in [0.1, 0.15) is 24.8 Å². The predicted octanol–water partition coefficient (Wildman–Crippen LogP) is 2.67. The zero-order valence-corrected chi connectivity index (χ0v) is 20.3. The van der Waals surface area contributed by atoms with E-state index in [2.05, 4.69) is 60.7 Å². The van der Waals surface area contributed by atoms with Crippen LogP contribution in [0.4, 0.5) is 0 Å². The van der Waals surface area contributed by atoms with Crippen molar-refractivity contribution in [3.63, 3.8) is 0 Å². The summed E-state index contributed by atoms with van der Waals surface area (Å²) in [6.45, 7) is 3.74. The normalized spacial score (nSPS) is 15.8. The number of carbonyl (C=O) groups is 1. The highest BCUT2D eigenvalue weighted by atomic mass is 127. The van der Waals surface area contributed by atoms with Gasteiger partial charge in [-0.2, -0.15) is 0 Å². The molecule has 1 aliphatic rings. The summed E-state index contributed by atoms with van der Waals surface area (Å²) < 4.78 is 1.12. The second kappa shape index (κ2) is 12.6. The van der Waals surface area contributed by atoms with E-state index in [0.717, 1.165) is 42.9 Å². The number of nitrogens with zero attached hydrogens (tertiary/aromatic N) is 3. The molecule has 1 saturated heterocycles. The standard InChI is InChI=1S/C19H30BrN5O.HI/c1-21-19(22-11-8-18(26)24(2)3)23-17-9-12-25(13-10-17)14-15-4-6-16(20)7-5-15;/h4-7,17H,8-14H2,1-3H3,(H2,21,22,23);1H. The number of hydrogen-bond donors (Lipinski definition) is 2. The van der Waals surface area contributed by atoms with E-state index in [1.54, 1.807) is 26.0 Å². The van der Waals surface area contributed by atoms with Gasteiger partial charge >= 0.3 is 0 Å². The van der Waals surface area contributed by atoms with Crippen molar-refractivity contribution in [2.45, 2.75) is 31.8 Å². The van der Waals surface area contributed by atoms with Crippen molar-refractivity contribution < 1.29 is 4.79 Å². The van der Waals surface area contributed by atoms with Crippen LogP contribution in [0.2, 0.25) is 0 Å². The maximum atomic E-state index is 11.6. The molecule has 0 atom stereocenters. The molecule has 2 rings (SSSR count). The van der Waals surface area contributed by atoms with Crippen LogP contribution in [0, 0.1) is 0 Å². The summed E-state index contributed by atoms with van der Waals surface area (Å²) in [5.74, 6) is 0.900. The minimum Gasteiger partial charge on any atom is -0.356 e. The lowest BCUT2D eigenvalue weighted by atomic mass is 10.0. The average Bonchev–Trinajstić information content (AvgIpc) is 2.64. The van der Waals surface area contributed by atoms with Gasteiger partial charge < -0.3 is 15.5 Å². The van der Waals surface area contributed by atoms with Gasteiger partial charge in [-0.25, -0.2) is 0 Å². The van der Waals surface area contributed by atoms with Crippen LogP contribution < -0.4 is 10.6 Å². The minimum atomic E-state index is 0. The first-order valence-corrected chi connectivity index (χ1v) is 9.91. The molecule has 0 radical (unpaired) electrons. The van der Waals surface area contributed by atoms with Gasteiger partial charge in [0.15, 0.2) is 5.96 Å². The summed E-state index contributed by atoms with van der Waals surface area (Å²) in [7, 11) is 5.32. The number of nitrogens with one attached hydrogen (secondary N) is 2. The maximum Gasteiger partial charge on any atom is 0.223 e. The molecule has 0 bridgehead atoms. The summed E-state index contributed by atoms with van der Waals surface area (Å²) >= 11 is 3.48. The summed E-state index contributed by atoms with van der Waals surface area (Å²) in [5, 5.41) is 6.71.